The van der Waals surface area contributed by atoms with Crippen molar-refractivity contribution in [2.75, 3.05) is 11.9 Å². The van der Waals surface area contributed by atoms with E-state index in [0.717, 1.165) is 17.5 Å². The van der Waals surface area contributed by atoms with Crippen molar-refractivity contribution >= 4 is 17.7 Å². The molecule has 0 bridgehead atoms. The highest BCUT2D eigenvalue weighted by Gasteiger charge is 2.02. The number of carbonyl (C=O) groups excluding carboxylic acids is 1. The van der Waals surface area contributed by atoms with Crippen molar-refractivity contribution in [3.8, 4) is 0 Å². The second-order valence-electron chi connectivity index (χ2n) is 2.59. The minimum Gasteiger partial charge on any atom is -0.376 e. The molecule has 0 aliphatic rings. The number of pyridine rings is 1. The third kappa shape index (κ3) is 2.37. The summed E-state index contributed by atoms with van der Waals surface area (Å²) in [6.45, 7) is 1.94. The lowest BCUT2D eigenvalue weighted by molar-refractivity contribution is -0.106. The Kier molecular flexibility index (Phi) is 3.14. The van der Waals surface area contributed by atoms with E-state index in [0.29, 0.717) is 5.71 Å². The SMILES string of the molecule is CC(=N)c1ccncc1NCC=O. The van der Waals surface area contributed by atoms with E-state index >= 15 is 0 Å². The van der Waals surface area contributed by atoms with Gasteiger partial charge in [-0.25, -0.2) is 0 Å². The molecule has 1 heterocycles. The first-order valence-corrected chi connectivity index (χ1v) is 3.92. The van der Waals surface area contributed by atoms with Crippen molar-refractivity contribution in [3.63, 3.8) is 0 Å². The van der Waals surface area contributed by atoms with Gasteiger partial charge >= 0.3 is 0 Å². The summed E-state index contributed by atoms with van der Waals surface area (Å²) in [5.41, 5.74) is 1.95. The van der Waals surface area contributed by atoms with Crippen LogP contribution < -0.4 is 5.32 Å². The first-order valence-electron chi connectivity index (χ1n) is 3.92. The van der Waals surface area contributed by atoms with E-state index in [1.54, 1.807) is 25.4 Å². The van der Waals surface area contributed by atoms with Crippen LogP contribution in [0.1, 0.15) is 12.5 Å². The topological polar surface area (TPSA) is 65.8 Å². The molecule has 0 amide bonds. The molecule has 0 saturated carbocycles. The Bertz CT molecular complexity index is 322. The van der Waals surface area contributed by atoms with Gasteiger partial charge in [0.1, 0.15) is 6.29 Å². The van der Waals surface area contributed by atoms with E-state index in [1.165, 1.54) is 0 Å². The van der Waals surface area contributed by atoms with Crippen LogP contribution in [0.15, 0.2) is 18.5 Å². The monoisotopic (exact) mass is 177 g/mol. The molecule has 0 saturated heterocycles. The van der Waals surface area contributed by atoms with Crippen LogP contribution in [0.4, 0.5) is 5.69 Å². The number of carbonyl (C=O) groups is 1. The number of aldehydes is 1. The maximum absolute atomic E-state index is 10.1. The highest BCUT2D eigenvalue weighted by atomic mass is 16.1. The average Bonchev–Trinajstić information content (AvgIpc) is 2.15. The number of aromatic nitrogens is 1. The first kappa shape index (κ1) is 9.38. The molecular formula is C9H11N3O. The Hall–Kier alpha value is -1.71. The van der Waals surface area contributed by atoms with Crippen LogP contribution in [0, 0.1) is 5.41 Å². The Balaban J connectivity index is 2.90. The number of nitrogens with zero attached hydrogens (tertiary/aromatic N) is 1. The average molecular weight is 177 g/mol. The lowest BCUT2D eigenvalue weighted by Gasteiger charge is -2.07. The van der Waals surface area contributed by atoms with Crippen molar-refractivity contribution in [3.05, 3.63) is 24.0 Å². The molecule has 0 spiro atoms. The van der Waals surface area contributed by atoms with Gasteiger partial charge < -0.3 is 15.5 Å². The third-order valence-corrected chi connectivity index (χ3v) is 1.60. The highest BCUT2D eigenvalue weighted by Crippen LogP contribution is 2.12. The molecule has 13 heavy (non-hydrogen) atoms. The summed E-state index contributed by atoms with van der Waals surface area (Å²) in [6.07, 6.45) is 4.01. The van der Waals surface area contributed by atoms with Crippen molar-refractivity contribution in [2.45, 2.75) is 6.92 Å². The van der Waals surface area contributed by atoms with Crippen molar-refractivity contribution in [1.82, 2.24) is 4.98 Å². The highest BCUT2D eigenvalue weighted by molar-refractivity contribution is 6.01. The van der Waals surface area contributed by atoms with Crippen LogP contribution in [0.2, 0.25) is 0 Å². The molecule has 1 aromatic rings. The zero-order valence-corrected chi connectivity index (χ0v) is 7.37. The first-order chi connectivity index (χ1) is 6.25. The summed E-state index contributed by atoms with van der Waals surface area (Å²) >= 11 is 0. The normalized spacial score (nSPS) is 9.31. The van der Waals surface area contributed by atoms with E-state index < -0.39 is 0 Å². The van der Waals surface area contributed by atoms with Gasteiger partial charge in [0.2, 0.25) is 0 Å². The quantitative estimate of drug-likeness (QED) is 0.534. The van der Waals surface area contributed by atoms with Crippen LogP contribution >= 0.6 is 0 Å². The Morgan fingerprint density at radius 2 is 2.54 bits per heavy atom. The van der Waals surface area contributed by atoms with Gasteiger partial charge in [-0.2, -0.15) is 0 Å². The predicted molar refractivity (Wildman–Crippen MR) is 51.3 cm³/mol. The van der Waals surface area contributed by atoms with Crippen LogP contribution in [-0.2, 0) is 4.79 Å². The number of hydrogen-bond acceptors (Lipinski definition) is 4. The van der Waals surface area contributed by atoms with Crippen molar-refractivity contribution in [2.24, 2.45) is 0 Å². The van der Waals surface area contributed by atoms with Crippen LogP contribution in [0.25, 0.3) is 0 Å². The summed E-state index contributed by atoms with van der Waals surface area (Å²) in [7, 11) is 0. The van der Waals surface area contributed by atoms with Crippen molar-refractivity contribution in [1.29, 1.82) is 5.41 Å². The van der Waals surface area contributed by atoms with Gasteiger partial charge in [0, 0.05) is 17.5 Å². The molecule has 0 unspecified atom stereocenters. The standard InChI is InChI=1S/C9H11N3O/c1-7(10)8-2-3-11-6-9(8)12-4-5-13/h2-3,5-6,10,12H,4H2,1H3. The lowest BCUT2D eigenvalue weighted by atomic mass is 10.1. The molecule has 1 aromatic heterocycles. The molecule has 0 radical (unpaired) electrons. The molecule has 1 rings (SSSR count). The van der Waals surface area contributed by atoms with Crippen LogP contribution in [-0.4, -0.2) is 23.5 Å². The molecular weight excluding hydrogens is 166 g/mol. The third-order valence-electron chi connectivity index (χ3n) is 1.60. The molecule has 0 aliphatic heterocycles. The van der Waals surface area contributed by atoms with E-state index in [1.807, 2.05) is 0 Å². The van der Waals surface area contributed by atoms with Gasteiger partial charge in [0.15, 0.2) is 0 Å². The maximum atomic E-state index is 10.1. The summed E-state index contributed by atoms with van der Waals surface area (Å²) in [5.74, 6) is 0. The molecule has 0 atom stereocenters. The number of anilines is 1. The van der Waals surface area contributed by atoms with E-state index in [-0.39, 0.29) is 6.54 Å². The molecule has 0 aliphatic carbocycles. The van der Waals surface area contributed by atoms with E-state index in [9.17, 15) is 4.79 Å². The fourth-order valence-corrected chi connectivity index (χ4v) is 1.01. The number of rotatable bonds is 4. The summed E-state index contributed by atoms with van der Waals surface area (Å²) < 4.78 is 0. The van der Waals surface area contributed by atoms with Crippen LogP contribution in [0.5, 0.6) is 0 Å². The molecule has 4 nitrogen and oxygen atoms in total. The fraction of sp³-hybridized carbons (Fsp3) is 0.222. The Morgan fingerprint density at radius 1 is 1.77 bits per heavy atom. The maximum Gasteiger partial charge on any atom is 0.139 e. The van der Waals surface area contributed by atoms with Crippen LogP contribution in [0.3, 0.4) is 0 Å². The van der Waals surface area contributed by atoms with Gasteiger partial charge in [0.05, 0.1) is 18.4 Å². The second kappa shape index (κ2) is 4.35. The second-order valence-corrected chi connectivity index (χ2v) is 2.59. The molecule has 0 fully saturated rings. The fourth-order valence-electron chi connectivity index (χ4n) is 1.01. The molecule has 68 valence electrons. The van der Waals surface area contributed by atoms with Gasteiger partial charge in [-0.15, -0.1) is 0 Å². The zero-order valence-electron chi connectivity index (χ0n) is 7.37. The van der Waals surface area contributed by atoms with Crippen molar-refractivity contribution < 1.29 is 4.79 Å². The Morgan fingerprint density at radius 3 is 3.15 bits per heavy atom. The minimum atomic E-state index is 0.242. The van der Waals surface area contributed by atoms with Gasteiger partial charge in [0.25, 0.3) is 0 Å². The Labute approximate surface area is 76.5 Å². The van der Waals surface area contributed by atoms with E-state index in [4.69, 9.17) is 5.41 Å². The summed E-state index contributed by atoms with van der Waals surface area (Å²) in [4.78, 5) is 14.0. The van der Waals surface area contributed by atoms with Gasteiger partial charge in [-0.05, 0) is 13.0 Å². The largest absolute Gasteiger partial charge is 0.376 e. The predicted octanol–water partition coefficient (Wildman–Crippen LogP) is 1.08. The number of hydrogen-bond donors (Lipinski definition) is 2. The van der Waals surface area contributed by atoms with Gasteiger partial charge in [-0.3, -0.25) is 4.98 Å². The molecule has 0 aromatic carbocycles. The molecule has 4 heteroatoms. The zero-order chi connectivity index (χ0) is 9.68. The smallest absolute Gasteiger partial charge is 0.139 e. The minimum absolute atomic E-state index is 0.242. The summed E-state index contributed by atoms with van der Waals surface area (Å²) in [6, 6.07) is 1.75. The van der Waals surface area contributed by atoms with Gasteiger partial charge in [-0.1, -0.05) is 0 Å². The molecule has 2 N–H and O–H groups in total. The lowest BCUT2D eigenvalue weighted by Crippen LogP contribution is -2.07. The summed E-state index contributed by atoms with van der Waals surface area (Å²) in [5, 5.41) is 10.3. The van der Waals surface area contributed by atoms with E-state index in [2.05, 4.69) is 10.3 Å². The number of nitrogens with one attached hydrogen (secondary N) is 2.